The molecule has 0 fully saturated rings. The zero-order chi connectivity index (χ0) is 31.1. The maximum Gasteiger partial charge on any atom is 0.418 e. The number of rotatable bonds is 6. The van der Waals surface area contributed by atoms with Gasteiger partial charge in [-0.15, -0.1) is 0 Å². The van der Waals surface area contributed by atoms with Crippen LogP contribution in [0.4, 0.5) is 18.9 Å². The first-order valence-electron chi connectivity index (χ1n) is 13.6. The van der Waals surface area contributed by atoms with Crippen LogP contribution in [0, 0.1) is 12.3 Å². The highest BCUT2D eigenvalue weighted by Crippen LogP contribution is 2.52. The summed E-state index contributed by atoms with van der Waals surface area (Å²) in [5, 5.41) is 21.2. The Morgan fingerprint density at radius 2 is 1.58 bits per heavy atom. The van der Waals surface area contributed by atoms with Crippen molar-refractivity contribution >= 4 is 23.1 Å². The lowest BCUT2D eigenvalue weighted by atomic mass is 9.73. The van der Waals surface area contributed by atoms with Crippen molar-refractivity contribution in [2.45, 2.75) is 38.3 Å². The topological polar surface area (TPSA) is 92.1 Å². The van der Waals surface area contributed by atoms with Gasteiger partial charge in [0, 0.05) is 34.7 Å². The summed E-state index contributed by atoms with van der Waals surface area (Å²) in [7, 11) is 4.33. The minimum atomic E-state index is -4.73. The largest absolute Gasteiger partial charge is 0.507 e. The van der Waals surface area contributed by atoms with Crippen LogP contribution in [0.1, 0.15) is 47.4 Å². The molecule has 7 nitrogen and oxygen atoms in total. The minimum Gasteiger partial charge on any atom is -0.507 e. The van der Waals surface area contributed by atoms with Crippen molar-refractivity contribution in [2.24, 2.45) is 0 Å². The Morgan fingerprint density at radius 3 is 2.16 bits per heavy atom. The lowest BCUT2D eigenvalue weighted by Gasteiger charge is -2.42. The molecule has 0 bridgehead atoms. The third-order valence-electron chi connectivity index (χ3n) is 7.81. The quantitative estimate of drug-likeness (QED) is 0.287. The summed E-state index contributed by atoms with van der Waals surface area (Å²) in [5.74, 6) is -1.13. The average molecular weight is 593 g/mol. The number of amidine groups is 1. The standard InChI is InChI=1S/C33H31F3N2O5/c1-18-12-14-19(15-13-18)30(40)29-27(20-16-25(41-2)31(43-4)26(17-20)42-3)28-23(10-7-11-24(28)39)38(32(29)37)22-9-6-5-8-21(22)33(34,35)36/h5-6,8-9,12-17,27,37,40H,7,10-11H2,1-4H3/t27-/m1/s1. The van der Waals surface area contributed by atoms with Gasteiger partial charge in [-0.05, 0) is 49.6 Å². The van der Waals surface area contributed by atoms with E-state index < -0.39 is 17.7 Å². The number of nitrogens with zero attached hydrogens (tertiary/aromatic N) is 1. The number of nitrogens with one attached hydrogen (secondary N) is 1. The number of methoxy groups -OCH3 is 3. The van der Waals surface area contributed by atoms with Crippen LogP contribution in [0.5, 0.6) is 17.2 Å². The number of carbonyl (C=O) groups excluding carboxylic acids is 1. The molecule has 3 aromatic rings. The van der Waals surface area contributed by atoms with Crippen molar-refractivity contribution in [3.63, 3.8) is 0 Å². The van der Waals surface area contributed by atoms with Gasteiger partial charge < -0.3 is 19.3 Å². The molecule has 3 aromatic carbocycles. The van der Waals surface area contributed by atoms with E-state index in [2.05, 4.69) is 0 Å². The third-order valence-corrected chi connectivity index (χ3v) is 7.81. The van der Waals surface area contributed by atoms with Crippen molar-refractivity contribution in [3.05, 3.63) is 99.8 Å². The molecular formula is C33H31F3N2O5. The second kappa shape index (κ2) is 11.5. The van der Waals surface area contributed by atoms with Gasteiger partial charge in [-0.25, -0.2) is 0 Å². The number of ether oxygens (including phenoxy) is 3. The number of alkyl halides is 3. The zero-order valence-corrected chi connectivity index (χ0v) is 24.1. The summed E-state index contributed by atoms with van der Waals surface area (Å²) in [5.41, 5.74) is 0.946. The van der Waals surface area contributed by atoms with Crippen LogP contribution in [0.2, 0.25) is 0 Å². The summed E-state index contributed by atoms with van der Waals surface area (Å²) in [6.07, 6.45) is -3.90. The highest BCUT2D eigenvalue weighted by atomic mass is 19.4. The van der Waals surface area contributed by atoms with E-state index in [9.17, 15) is 28.5 Å². The molecule has 2 N–H and O–H groups in total. The van der Waals surface area contributed by atoms with E-state index in [-0.39, 0.29) is 64.2 Å². The molecule has 0 unspecified atom stereocenters. The Kier molecular flexibility index (Phi) is 7.96. The Morgan fingerprint density at radius 1 is 0.953 bits per heavy atom. The molecule has 0 amide bonds. The molecule has 1 heterocycles. The minimum absolute atomic E-state index is 0.0240. The predicted octanol–water partition coefficient (Wildman–Crippen LogP) is 7.60. The molecule has 224 valence electrons. The highest BCUT2D eigenvalue weighted by Gasteiger charge is 2.46. The first-order valence-corrected chi connectivity index (χ1v) is 13.6. The number of ketones is 1. The molecule has 10 heteroatoms. The number of carbonyl (C=O) groups is 1. The lowest BCUT2D eigenvalue weighted by Crippen LogP contribution is -2.43. The van der Waals surface area contributed by atoms with Gasteiger partial charge in [0.25, 0.3) is 0 Å². The number of halogens is 3. The molecule has 43 heavy (non-hydrogen) atoms. The van der Waals surface area contributed by atoms with Gasteiger partial charge in [-0.2, -0.15) is 13.2 Å². The molecule has 0 spiro atoms. The second-order valence-corrected chi connectivity index (χ2v) is 10.4. The van der Waals surface area contributed by atoms with Crippen molar-refractivity contribution < 1.29 is 37.3 Å². The number of hydrogen-bond acceptors (Lipinski definition) is 6. The lowest BCUT2D eigenvalue weighted by molar-refractivity contribution is -0.137. The smallest absolute Gasteiger partial charge is 0.418 e. The maximum absolute atomic E-state index is 14.3. The van der Waals surface area contributed by atoms with E-state index in [0.29, 0.717) is 23.3 Å². The Bertz CT molecular complexity index is 1630. The normalized spacial score (nSPS) is 18.4. The fourth-order valence-corrected chi connectivity index (χ4v) is 5.83. The molecule has 1 aliphatic heterocycles. The van der Waals surface area contributed by atoms with Crippen LogP contribution in [0.3, 0.4) is 0 Å². The molecule has 1 aliphatic carbocycles. The van der Waals surface area contributed by atoms with Crippen LogP contribution in [-0.4, -0.2) is 38.1 Å². The SMILES string of the molecule is COc1cc([C@H]2C(=C(O)c3ccc(C)cc3)C(=N)N(c3ccccc3C(F)(F)F)C3=C2C(=O)CCC3)cc(OC)c1OC. The highest BCUT2D eigenvalue weighted by molar-refractivity contribution is 6.20. The van der Waals surface area contributed by atoms with E-state index in [1.165, 1.54) is 44.4 Å². The van der Waals surface area contributed by atoms with Crippen molar-refractivity contribution in [1.29, 1.82) is 5.41 Å². The first-order chi connectivity index (χ1) is 20.5. The van der Waals surface area contributed by atoms with Gasteiger partial charge in [0.05, 0.1) is 32.6 Å². The molecular weight excluding hydrogens is 561 g/mol. The molecule has 1 atom stereocenters. The number of aliphatic hydroxyl groups excluding tert-OH is 1. The number of anilines is 1. The average Bonchev–Trinajstić information content (AvgIpc) is 2.99. The second-order valence-electron chi connectivity index (χ2n) is 10.4. The molecule has 2 aliphatic rings. The summed E-state index contributed by atoms with van der Waals surface area (Å²) >= 11 is 0. The van der Waals surface area contributed by atoms with Crippen LogP contribution in [0.25, 0.3) is 5.76 Å². The monoisotopic (exact) mass is 592 g/mol. The number of allylic oxidation sites excluding steroid dienone is 2. The molecule has 0 radical (unpaired) electrons. The van der Waals surface area contributed by atoms with Crippen molar-refractivity contribution in [3.8, 4) is 17.2 Å². The number of aryl methyl sites for hydroxylation is 1. The number of hydrogen-bond donors (Lipinski definition) is 2. The molecule has 0 saturated carbocycles. The predicted molar refractivity (Wildman–Crippen MR) is 157 cm³/mol. The van der Waals surface area contributed by atoms with Crippen LogP contribution in [0.15, 0.2) is 77.5 Å². The first kappa shape index (κ1) is 29.8. The summed E-state index contributed by atoms with van der Waals surface area (Å²) in [6, 6.07) is 15.1. The van der Waals surface area contributed by atoms with Gasteiger partial charge >= 0.3 is 6.18 Å². The summed E-state index contributed by atoms with van der Waals surface area (Å²) in [6.45, 7) is 1.88. The van der Waals surface area contributed by atoms with Gasteiger partial charge in [0.2, 0.25) is 5.75 Å². The van der Waals surface area contributed by atoms with E-state index in [0.717, 1.165) is 11.6 Å². The fourth-order valence-electron chi connectivity index (χ4n) is 5.83. The van der Waals surface area contributed by atoms with E-state index in [4.69, 9.17) is 14.2 Å². The molecule has 0 aromatic heterocycles. The Labute approximate surface area is 247 Å². The summed E-state index contributed by atoms with van der Waals surface area (Å²) < 4.78 is 59.5. The van der Waals surface area contributed by atoms with Gasteiger partial charge in [-0.3, -0.25) is 15.1 Å². The van der Waals surface area contributed by atoms with Gasteiger partial charge in [0.15, 0.2) is 17.3 Å². The molecule has 5 rings (SSSR count). The van der Waals surface area contributed by atoms with Crippen LogP contribution >= 0.6 is 0 Å². The van der Waals surface area contributed by atoms with E-state index in [1.54, 1.807) is 36.4 Å². The Hall–Kier alpha value is -4.73. The van der Waals surface area contributed by atoms with Crippen LogP contribution < -0.4 is 19.1 Å². The zero-order valence-electron chi connectivity index (χ0n) is 24.1. The number of para-hydroxylation sites is 1. The maximum atomic E-state index is 14.3. The van der Waals surface area contributed by atoms with Crippen LogP contribution in [-0.2, 0) is 11.0 Å². The third kappa shape index (κ3) is 5.22. The van der Waals surface area contributed by atoms with Crippen molar-refractivity contribution in [1.82, 2.24) is 0 Å². The fraction of sp³-hybridized carbons (Fsp3) is 0.273. The molecule has 0 saturated heterocycles. The van der Waals surface area contributed by atoms with E-state index in [1.807, 2.05) is 6.92 Å². The number of benzene rings is 3. The number of Topliss-reactive ketones (excluding diaryl/α,β-unsaturated/α-hetero) is 1. The Balaban J connectivity index is 1.90. The van der Waals surface area contributed by atoms with Gasteiger partial charge in [0.1, 0.15) is 11.6 Å². The van der Waals surface area contributed by atoms with E-state index >= 15 is 0 Å². The number of aliphatic hydroxyl groups is 1. The van der Waals surface area contributed by atoms with Crippen molar-refractivity contribution in [2.75, 3.05) is 26.2 Å². The van der Waals surface area contributed by atoms with Gasteiger partial charge in [-0.1, -0.05) is 42.0 Å². The summed E-state index contributed by atoms with van der Waals surface area (Å²) in [4.78, 5) is 15.0.